The highest BCUT2D eigenvalue weighted by Gasteiger charge is 2.32. The van der Waals surface area contributed by atoms with Crippen LogP contribution >= 0.6 is 0 Å². The first kappa shape index (κ1) is 19.1. The maximum absolute atomic E-state index is 13.2. The number of morpholine rings is 1. The molecule has 144 valence electrons. The van der Waals surface area contributed by atoms with Crippen LogP contribution in [0.2, 0.25) is 0 Å². The summed E-state index contributed by atoms with van der Waals surface area (Å²) in [4.78, 5) is 25.8. The number of aliphatic carboxylic acids is 1. The van der Waals surface area contributed by atoms with Crippen LogP contribution in [0.3, 0.4) is 0 Å². The van der Waals surface area contributed by atoms with Crippen molar-refractivity contribution in [1.82, 2.24) is 14.7 Å². The molecular formula is C20H25N3O4. The molecule has 0 spiro atoms. The normalized spacial score (nSPS) is 17.7. The number of amides is 1. The van der Waals surface area contributed by atoms with Gasteiger partial charge in [0, 0.05) is 24.7 Å². The first-order valence-electron chi connectivity index (χ1n) is 9.04. The molecular weight excluding hydrogens is 346 g/mol. The zero-order chi connectivity index (χ0) is 19.6. The number of rotatable bonds is 4. The Bertz CT molecular complexity index is 823. The van der Waals surface area contributed by atoms with Gasteiger partial charge in [0.15, 0.2) is 0 Å². The minimum atomic E-state index is -0.929. The second-order valence-corrected chi connectivity index (χ2v) is 7.76. The second-order valence-electron chi connectivity index (χ2n) is 7.76. The number of ether oxygens (including phenoxy) is 1. The van der Waals surface area contributed by atoms with Gasteiger partial charge in [-0.3, -0.25) is 9.59 Å². The Morgan fingerprint density at radius 2 is 1.96 bits per heavy atom. The summed E-state index contributed by atoms with van der Waals surface area (Å²) in [7, 11) is 0. The summed E-state index contributed by atoms with van der Waals surface area (Å²) in [6.07, 6.45) is 1.17. The lowest BCUT2D eigenvalue weighted by Gasteiger charge is -2.32. The molecule has 1 saturated heterocycles. The monoisotopic (exact) mass is 371 g/mol. The van der Waals surface area contributed by atoms with Crippen LogP contribution in [-0.4, -0.2) is 57.5 Å². The molecule has 1 atom stereocenters. The molecule has 1 fully saturated rings. The molecule has 2 aromatic rings. The van der Waals surface area contributed by atoms with Crippen molar-refractivity contribution in [3.63, 3.8) is 0 Å². The summed E-state index contributed by atoms with van der Waals surface area (Å²) in [5, 5.41) is 13.7. The first-order valence-corrected chi connectivity index (χ1v) is 9.04. The van der Waals surface area contributed by atoms with E-state index in [1.54, 1.807) is 15.8 Å². The van der Waals surface area contributed by atoms with E-state index >= 15 is 0 Å². The second kappa shape index (κ2) is 7.52. The third kappa shape index (κ3) is 4.36. The van der Waals surface area contributed by atoms with Crippen molar-refractivity contribution in [2.75, 3.05) is 19.7 Å². The predicted molar refractivity (Wildman–Crippen MR) is 100 cm³/mol. The largest absolute Gasteiger partial charge is 0.481 e. The lowest BCUT2D eigenvalue weighted by atomic mass is 9.89. The van der Waals surface area contributed by atoms with Crippen molar-refractivity contribution >= 4 is 11.9 Å². The van der Waals surface area contributed by atoms with E-state index in [1.807, 2.05) is 51.1 Å². The van der Waals surface area contributed by atoms with Crippen molar-refractivity contribution < 1.29 is 19.4 Å². The van der Waals surface area contributed by atoms with E-state index in [9.17, 15) is 9.59 Å². The number of para-hydroxylation sites is 1. The van der Waals surface area contributed by atoms with Gasteiger partial charge in [0.1, 0.15) is 0 Å². The summed E-state index contributed by atoms with van der Waals surface area (Å²) in [5.41, 5.74) is 1.84. The Morgan fingerprint density at radius 3 is 2.59 bits per heavy atom. The zero-order valence-electron chi connectivity index (χ0n) is 15.9. The van der Waals surface area contributed by atoms with Crippen LogP contribution in [0.5, 0.6) is 0 Å². The smallest absolute Gasteiger partial charge is 0.306 e. The topological polar surface area (TPSA) is 84.7 Å². The quantitative estimate of drug-likeness (QED) is 0.893. The van der Waals surface area contributed by atoms with Crippen LogP contribution in [0, 0.1) is 0 Å². The summed E-state index contributed by atoms with van der Waals surface area (Å²) in [6, 6.07) is 9.65. The van der Waals surface area contributed by atoms with E-state index in [2.05, 4.69) is 5.10 Å². The van der Waals surface area contributed by atoms with Gasteiger partial charge >= 0.3 is 5.97 Å². The molecule has 3 rings (SSSR count). The maximum Gasteiger partial charge on any atom is 0.306 e. The average molecular weight is 371 g/mol. The lowest BCUT2D eigenvalue weighted by molar-refractivity contribution is -0.141. The summed E-state index contributed by atoms with van der Waals surface area (Å²) >= 11 is 0. The third-order valence-electron chi connectivity index (χ3n) is 4.50. The van der Waals surface area contributed by atoms with E-state index in [1.165, 1.54) is 0 Å². The Kier molecular flexibility index (Phi) is 5.32. The van der Waals surface area contributed by atoms with Crippen LogP contribution in [0.15, 0.2) is 36.5 Å². The van der Waals surface area contributed by atoms with Crippen molar-refractivity contribution in [3.8, 4) is 5.69 Å². The van der Waals surface area contributed by atoms with Crippen molar-refractivity contribution in [3.05, 3.63) is 47.8 Å². The van der Waals surface area contributed by atoms with Crippen LogP contribution in [0.1, 0.15) is 43.2 Å². The molecule has 1 aromatic heterocycles. The number of carbonyl (C=O) groups excluding carboxylic acids is 1. The van der Waals surface area contributed by atoms with Crippen LogP contribution in [0.25, 0.3) is 5.69 Å². The van der Waals surface area contributed by atoms with Crippen molar-refractivity contribution in [2.45, 2.75) is 38.7 Å². The predicted octanol–water partition coefficient (Wildman–Crippen LogP) is 2.49. The molecule has 7 nitrogen and oxygen atoms in total. The van der Waals surface area contributed by atoms with E-state index in [-0.39, 0.29) is 24.3 Å². The highest BCUT2D eigenvalue weighted by atomic mass is 16.5. The summed E-state index contributed by atoms with van der Waals surface area (Å²) < 4.78 is 7.21. The minimum absolute atomic E-state index is 0.112. The highest BCUT2D eigenvalue weighted by Crippen LogP contribution is 2.27. The molecule has 0 aliphatic carbocycles. The van der Waals surface area contributed by atoms with Crippen LogP contribution < -0.4 is 0 Å². The standard InChI is InChI=1S/C20H25N3O4/c1-20(2,3)18-16(13-23(21-18)14-7-5-4-6-8-14)19(26)22-9-10-27-15(12-22)11-17(24)25/h4-8,13,15H,9-12H2,1-3H3,(H,24,25). The number of carboxylic acid groups (broad SMARTS) is 1. The van der Waals surface area contributed by atoms with Crippen LogP contribution in [0.4, 0.5) is 0 Å². The lowest BCUT2D eigenvalue weighted by Crippen LogP contribution is -2.46. The molecule has 1 unspecified atom stereocenters. The fourth-order valence-electron chi connectivity index (χ4n) is 3.19. The fourth-order valence-corrected chi connectivity index (χ4v) is 3.19. The molecule has 1 N–H and O–H groups in total. The molecule has 0 saturated carbocycles. The van der Waals surface area contributed by atoms with E-state index in [0.29, 0.717) is 18.7 Å². The maximum atomic E-state index is 13.2. The SMILES string of the molecule is CC(C)(C)c1nn(-c2ccccc2)cc1C(=O)N1CCOC(CC(=O)O)C1. The van der Waals surface area contributed by atoms with Crippen LogP contribution in [-0.2, 0) is 14.9 Å². The summed E-state index contributed by atoms with van der Waals surface area (Å²) in [6.45, 7) is 7.11. The van der Waals surface area contributed by atoms with E-state index in [4.69, 9.17) is 9.84 Å². The number of carbonyl (C=O) groups is 2. The number of hydrogen-bond acceptors (Lipinski definition) is 4. The van der Waals surface area contributed by atoms with Gasteiger partial charge in [0.2, 0.25) is 0 Å². The fraction of sp³-hybridized carbons (Fsp3) is 0.450. The molecule has 1 aromatic carbocycles. The van der Waals surface area contributed by atoms with Gasteiger partial charge in [0.25, 0.3) is 5.91 Å². The Morgan fingerprint density at radius 1 is 1.26 bits per heavy atom. The van der Waals surface area contributed by atoms with Gasteiger partial charge in [-0.2, -0.15) is 5.10 Å². The Balaban J connectivity index is 1.91. The van der Waals surface area contributed by atoms with Gasteiger partial charge < -0.3 is 14.7 Å². The zero-order valence-corrected chi connectivity index (χ0v) is 15.9. The molecule has 7 heteroatoms. The van der Waals surface area contributed by atoms with Gasteiger partial charge in [0.05, 0.1) is 36.1 Å². The number of carboxylic acids is 1. The number of nitrogens with zero attached hydrogens (tertiary/aromatic N) is 3. The molecule has 1 amide bonds. The van der Waals surface area contributed by atoms with Gasteiger partial charge in [-0.05, 0) is 12.1 Å². The molecule has 2 heterocycles. The Hall–Kier alpha value is -2.67. The average Bonchev–Trinajstić information content (AvgIpc) is 3.07. The van der Waals surface area contributed by atoms with Gasteiger partial charge in [-0.1, -0.05) is 39.0 Å². The Labute approximate surface area is 158 Å². The molecule has 27 heavy (non-hydrogen) atoms. The summed E-state index contributed by atoms with van der Waals surface area (Å²) in [5.74, 6) is -1.07. The number of benzene rings is 1. The number of aromatic nitrogens is 2. The van der Waals surface area contributed by atoms with Gasteiger partial charge in [-0.15, -0.1) is 0 Å². The minimum Gasteiger partial charge on any atom is -0.481 e. The molecule has 1 aliphatic rings. The number of hydrogen-bond donors (Lipinski definition) is 1. The molecule has 0 radical (unpaired) electrons. The van der Waals surface area contributed by atoms with E-state index < -0.39 is 12.1 Å². The molecule has 1 aliphatic heterocycles. The van der Waals surface area contributed by atoms with Crippen molar-refractivity contribution in [1.29, 1.82) is 0 Å². The van der Waals surface area contributed by atoms with E-state index in [0.717, 1.165) is 11.4 Å². The van der Waals surface area contributed by atoms with Gasteiger partial charge in [-0.25, -0.2) is 4.68 Å². The first-order chi connectivity index (χ1) is 12.8. The third-order valence-corrected chi connectivity index (χ3v) is 4.50. The highest BCUT2D eigenvalue weighted by molar-refractivity contribution is 5.95. The molecule has 0 bridgehead atoms. The van der Waals surface area contributed by atoms with Crippen molar-refractivity contribution in [2.24, 2.45) is 0 Å².